The molecule has 0 saturated heterocycles. The molecule has 19 heteroatoms. The molecule has 0 aromatic rings. The van der Waals surface area contributed by atoms with Gasteiger partial charge in [-0.15, -0.1) is 35.3 Å². The van der Waals surface area contributed by atoms with Crippen molar-refractivity contribution >= 4 is 126 Å². The highest BCUT2D eigenvalue weighted by Gasteiger charge is 2.04. The second-order valence-electron chi connectivity index (χ2n) is 6.03. The highest BCUT2D eigenvalue weighted by atomic mass is 32.2. The van der Waals surface area contributed by atoms with Gasteiger partial charge in [-0.25, -0.2) is 0 Å². The number of rotatable bonds is 24. The largest absolute Gasteiger partial charge is 0.396 e. The molecule has 0 bridgehead atoms. The maximum Gasteiger partial charge on any atom is 0.280 e. The summed E-state index contributed by atoms with van der Waals surface area (Å²) < 4.78 is 23.6. The van der Waals surface area contributed by atoms with Crippen LogP contribution in [0.4, 0.5) is 9.59 Å². The van der Waals surface area contributed by atoms with E-state index in [1.54, 1.807) is 23.5 Å². The molecule has 0 radical (unpaired) electrons. The van der Waals surface area contributed by atoms with Crippen molar-refractivity contribution in [3.05, 3.63) is 0 Å². The van der Waals surface area contributed by atoms with Crippen LogP contribution in [-0.2, 0) is 21.6 Å². The zero-order valence-electron chi connectivity index (χ0n) is 20.2. The molecule has 0 spiro atoms. The molecule has 0 fully saturated rings. The van der Waals surface area contributed by atoms with E-state index in [1.165, 1.54) is 58.1 Å². The van der Waals surface area contributed by atoms with E-state index in [9.17, 15) is 18.0 Å². The lowest BCUT2D eigenvalue weighted by Crippen LogP contribution is -2.18. The first kappa shape index (κ1) is 38.0. The first-order valence-corrected chi connectivity index (χ1v) is 21.2. The Labute approximate surface area is 253 Å². The molecule has 0 aliphatic rings. The zero-order valence-corrected chi connectivity index (χ0v) is 27.5. The average molecular weight is 691 g/mol. The van der Waals surface area contributed by atoms with Gasteiger partial charge in [0, 0.05) is 39.6 Å². The smallest absolute Gasteiger partial charge is 0.280 e. The van der Waals surface area contributed by atoms with Gasteiger partial charge in [0.2, 0.25) is 0 Å². The van der Waals surface area contributed by atoms with Crippen LogP contribution < -0.4 is 10.6 Å². The number of hydrogen-bond donors (Lipinski definition) is 4. The molecule has 0 aromatic carbocycles. The molecular formula is C18H34N4O6S9. The number of carbonyl (C=O) groups is 2. The Kier molecular flexibility index (Phi) is 30.7. The summed E-state index contributed by atoms with van der Waals surface area (Å²) in [5.74, 6) is 5.68. The van der Waals surface area contributed by atoms with Gasteiger partial charge >= 0.3 is 0 Å². The third-order valence-electron chi connectivity index (χ3n) is 3.19. The average Bonchev–Trinajstić information content (AvgIpc) is 2.88. The third kappa shape index (κ3) is 29.8. The number of aliphatic imine (C=N–C) groups is 2. The van der Waals surface area contributed by atoms with Crippen molar-refractivity contribution in [3.63, 3.8) is 0 Å². The summed E-state index contributed by atoms with van der Waals surface area (Å²) in [7, 11) is -2.34. The lowest BCUT2D eigenvalue weighted by molar-refractivity contribution is 0.261. The van der Waals surface area contributed by atoms with Crippen LogP contribution in [0.15, 0.2) is 9.98 Å². The monoisotopic (exact) mass is 690 g/mol. The SMILES string of the molecule is O=C(NCSCN=CS(=O)CSCSC(=O)NCSCN=CS(=O)CCSCCO)SCCSCCO. The van der Waals surface area contributed by atoms with Crippen molar-refractivity contribution < 1.29 is 28.2 Å². The van der Waals surface area contributed by atoms with Gasteiger partial charge in [0.15, 0.2) is 0 Å². The molecule has 37 heavy (non-hydrogen) atoms. The molecule has 0 heterocycles. The Balaban J connectivity index is 3.58. The summed E-state index contributed by atoms with van der Waals surface area (Å²) in [6, 6.07) is 0. The maximum absolute atomic E-state index is 11.9. The first-order valence-electron chi connectivity index (χ1n) is 10.7. The highest BCUT2D eigenvalue weighted by Crippen LogP contribution is 2.14. The van der Waals surface area contributed by atoms with E-state index in [4.69, 9.17) is 10.2 Å². The predicted molar refractivity (Wildman–Crippen MR) is 176 cm³/mol. The fourth-order valence-electron chi connectivity index (χ4n) is 1.71. The molecule has 0 aromatic heterocycles. The van der Waals surface area contributed by atoms with E-state index >= 15 is 0 Å². The van der Waals surface area contributed by atoms with E-state index in [-0.39, 0.29) is 23.7 Å². The van der Waals surface area contributed by atoms with E-state index in [2.05, 4.69) is 20.6 Å². The summed E-state index contributed by atoms with van der Waals surface area (Å²) >= 11 is 9.65. The fourth-order valence-corrected chi connectivity index (χ4v) is 9.36. The molecule has 0 saturated carbocycles. The van der Waals surface area contributed by atoms with Crippen LogP contribution in [0, 0.1) is 0 Å². The second-order valence-corrected chi connectivity index (χ2v) is 16.8. The van der Waals surface area contributed by atoms with Crippen molar-refractivity contribution in [1.82, 2.24) is 10.6 Å². The van der Waals surface area contributed by atoms with E-state index < -0.39 is 21.6 Å². The molecule has 0 aliphatic heterocycles. The van der Waals surface area contributed by atoms with Crippen molar-refractivity contribution in [2.24, 2.45) is 9.98 Å². The predicted octanol–water partition coefficient (Wildman–Crippen LogP) is 2.82. The molecule has 216 valence electrons. The van der Waals surface area contributed by atoms with E-state index in [1.807, 2.05) is 0 Å². The van der Waals surface area contributed by atoms with Gasteiger partial charge in [-0.3, -0.25) is 28.0 Å². The number of carbonyl (C=O) groups excluding carboxylic acids is 2. The van der Waals surface area contributed by atoms with Crippen molar-refractivity contribution in [1.29, 1.82) is 0 Å². The van der Waals surface area contributed by atoms with Gasteiger partial charge in [-0.05, 0) is 0 Å². The number of amides is 2. The minimum atomic E-state index is -1.23. The van der Waals surface area contributed by atoms with Crippen LogP contribution in [0.2, 0.25) is 0 Å². The number of aliphatic hydroxyl groups excluding tert-OH is 2. The fraction of sp³-hybridized carbons (Fsp3) is 0.778. The maximum atomic E-state index is 11.9. The molecule has 0 rings (SSSR count). The number of aliphatic hydroxyl groups is 2. The van der Waals surface area contributed by atoms with E-state index in [0.717, 1.165) is 17.5 Å². The topological polar surface area (TPSA) is 158 Å². The Morgan fingerprint density at radius 2 is 1.27 bits per heavy atom. The number of thioether (sulfide) groups is 7. The molecule has 10 nitrogen and oxygen atoms in total. The lowest BCUT2D eigenvalue weighted by Gasteiger charge is -2.03. The summed E-state index contributed by atoms with van der Waals surface area (Å²) in [6.07, 6.45) is 0. The first-order chi connectivity index (χ1) is 18.0. The minimum absolute atomic E-state index is 0.0937. The molecule has 2 unspecified atom stereocenters. The number of nitrogens with one attached hydrogen (secondary N) is 2. The van der Waals surface area contributed by atoms with Crippen LogP contribution >= 0.6 is 82.3 Å². The van der Waals surface area contributed by atoms with Gasteiger partial charge in [0.25, 0.3) is 10.5 Å². The van der Waals surface area contributed by atoms with Crippen molar-refractivity contribution in [2.45, 2.75) is 0 Å². The van der Waals surface area contributed by atoms with Gasteiger partial charge in [0.1, 0.15) is 0 Å². The van der Waals surface area contributed by atoms with Crippen LogP contribution in [0.1, 0.15) is 0 Å². The molecule has 0 aliphatic carbocycles. The van der Waals surface area contributed by atoms with Crippen molar-refractivity contribution in [2.75, 3.05) is 81.4 Å². The third-order valence-corrected chi connectivity index (χ3v) is 12.3. The quantitative estimate of drug-likeness (QED) is 0.0508. The summed E-state index contributed by atoms with van der Waals surface area (Å²) in [5.41, 5.74) is 2.81. The Morgan fingerprint density at radius 1 is 0.703 bits per heavy atom. The van der Waals surface area contributed by atoms with Gasteiger partial charge in [-0.1, -0.05) is 23.5 Å². The molecule has 4 N–H and O–H groups in total. The minimum Gasteiger partial charge on any atom is -0.396 e. The second kappa shape index (κ2) is 29.9. The van der Waals surface area contributed by atoms with Crippen LogP contribution in [0.3, 0.4) is 0 Å². The Hall–Kier alpha value is 0.950. The summed E-state index contributed by atoms with van der Waals surface area (Å²) in [5, 5.41) is 23.4. The van der Waals surface area contributed by atoms with Gasteiger partial charge in [0.05, 0.1) is 74.5 Å². The standard InChI is InChI=1S/C18H34N4O6S9/c23-1-3-29-5-6-34-17(25)21-11-32-10-20-14-37(28)16-33-15-35-18(26)22-12-31-9-19-13-36(27)8-7-30-4-2-24/h13-14,23-24H,1-12,15-16H2,(H,21,25)(H,22,26). The Bertz CT molecular complexity index is 707. The van der Waals surface area contributed by atoms with Crippen molar-refractivity contribution in [3.8, 4) is 0 Å². The highest BCUT2D eigenvalue weighted by molar-refractivity contribution is 8.27. The zero-order chi connectivity index (χ0) is 27.4. The Morgan fingerprint density at radius 3 is 1.89 bits per heavy atom. The van der Waals surface area contributed by atoms with Gasteiger partial charge in [-0.2, -0.15) is 23.5 Å². The summed E-state index contributed by atoms with van der Waals surface area (Å²) in [6.45, 7) is 0.271. The number of nitrogens with zero attached hydrogens (tertiary/aromatic N) is 2. The van der Waals surface area contributed by atoms with Gasteiger partial charge < -0.3 is 20.8 Å². The molecule has 2 atom stereocenters. The van der Waals surface area contributed by atoms with Crippen LogP contribution in [0.5, 0.6) is 0 Å². The summed E-state index contributed by atoms with van der Waals surface area (Å²) in [4.78, 5) is 31.6. The van der Waals surface area contributed by atoms with Crippen LogP contribution in [-0.4, -0.2) is 122 Å². The molecular weight excluding hydrogens is 657 g/mol. The lowest BCUT2D eigenvalue weighted by atomic mass is 10.9. The normalized spacial score (nSPS) is 13.2. The molecule has 2 amide bonds. The number of hydrogen-bond acceptors (Lipinski definition) is 15. The van der Waals surface area contributed by atoms with E-state index in [0.29, 0.717) is 62.4 Å². The van der Waals surface area contributed by atoms with Crippen LogP contribution in [0.25, 0.3) is 0 Å².